The number of amides is 1. The van der Waals surface area contributed by atoms with E-state index >= 15 is 0 Å². The van der Waals surface area contributed by atoms with Gasteiger partial charge in [0.2, 0.25) is 0 Å². The molecule has 4 N–H and O–H groups in total. The number of carbonyl (C=O) groups is 1. The van der Waals surface area contributed by atoms with Gasteiger partial charge < -0.3 is 10.7 Å². The Morgan fingerprint density at radius 2 is 2.05 bits per heavy atom. The van der Waals surface area contributed by atoms with Crippen molar-refractivity contribution in [2.45, 2.75) is 13.8 Å². The van der Waals surface area contributed by atoms with Crippen LogP contribution in [-0.4, -0.2) is 10.9 Å². The minimum Gasteiger partial charge on any atom is -0.322 e. The summed E-state index contributed by atoms with van der Waals surface area (Å²) in [4.78, 5) is 16.1. The highest BCUT2D eigenvalue weighted by atomic mass is 35.5. The average molecular weight is 291 g/mol. The molecule has 0 spiro atoms. The highest BCUT2D eigenvalue weighted by molar-refractivity contribution is 6.33. The molecule has 104 valence electrons. The van der Waals surface area contributed by atoms with E-state index in [1.807, 2.05) is 32.0 Å². The molecule has 1 amide bonds. The molecule has 0 radical (unpaired) electrons. The van der Waals surface area contributed by atoms with E-state index in [1.54, 1.807) is 0 Å². The zero-order valence-electron chi connectivity index (χ0n) is 11.2. The lowest BCUT2D eigenvalue weighted by atomic mass is 10.1. The van der Waals surface area contributed by atoms with Gasteiger partial charge in [-0.2, -0.15) is 0 Å². The van der Waals surface area contributed by atoms with Gasteiger partial charge in [-0.05, 0) is 31.5 Å². The van der Waals surface area contributed by atoms with Crippen molar-refractivity contribution in [3.63, 3.8) is 0 Å². The summed E-state index contributed by atoms with van der Waals surface area (Å²) in [5.41, 5.74) is 5.62. The summed E-state index contributed by atoms with van der Waals surface area (Å²) in [5, 5.41) is 3.12. The molecule has 0 unspecified atom stereocenters. The maximum atomic E-state index is 12.1. The summed E-state index contributed by atoms with van der Waals surface area (Å²) in [5.74, 6) is 5.30. The zero-order valence-corrected chi connectivity index (χ0v) is 12.0. The van der Waals surface area contributed by atoms with E-state index in [1.165, 1.54) is 12.3 Å². The topological polar surface area (TPSA) is 80.0 Å². The second-order valence-corrected chi connectivity index (χ2v) is 4.88. The van der Waals surface area contributed by atoms with E-state index in [0.717, 1.165) is 16.8 Å². The van der Waals surface area contributed by atoms with E-state index in [0.29, 0.717) is 16.4 Å². The molecular weight excluding hydrogens is 276 g/mol. The van der Waals surface area contributed by atoms with Crippen molar-refractivity contribution >= 4 is 29.0 Å². The van der Waals surface area contributed by atoms with Crippen LogP contribution in [-0.2, 0) is 0 Å². The van der Waals surface area contributed by atoms with Crippen LogP contribution in [0.25, 0.3) is 0 Å². The smallest absolute Gasteiger partial charge is 0.257 e. The first-order chi connectivity index (χ1) is 9.51. The summed E-state index contributed by atoms with van der Waals surface area (Å²) in [6.45, 7) is 3.94. The number of hydrogen-bond donors (Lipinski definition) is 3. The average Bonchev–Trinajstić information content (AvgIpc) is 2.41. The summed E-state index contributed by atoms with van der Waals surface area (Å²) in [6, 6.07) is 7.33. The van der Waals surface area contributed by atoms with Crippen LogP contribution in [0.4, 0.5) is 11.5 Å². The summed E-state index contributed by atoms with van der Waals surface area (Å²) < 4.78 is 0. The molecule has 2 rings (SSSR count). The highest BCUT2D eigenvalue weighted by Crippen LogP contribution is 2.21. The second kappa shape index (κ2) is 5.90. The Labute approximate surface area is 122 Å². The molecular formula is C14H15ClN4O. The van der Waals surface area contributed by atoms with Gasteiger partial charge in [0.1, 0.15) is 0 Å². The van der Waals surface area contributed by atoms with Crippen LogP contribution in [0.5, 0.6) is 0 Å². The minimum absolute atomic E-state index is 0.269. The predicted molar refractivity (Wildman–Crippen MR) is 80.9 cm³/mol. The molecule has 20 heavy (non-hydrogen) atoms. The third-order valence-corrected chi connectivity index (χ3v) is 3.16. The number of nitrogens with one attached hydrogen (secondary N) is 2. The number of anilines is 2. The van der Waals surface area contributed by atoms with E-state index in [2.05, 4.69) is 15.7 Å². The number of aryl methyl sites for hydroxylation is 2. The lowest BCUT2D eigenvalue weighted by Gasteiger charge is -2.10. The molecule has 0 atom stereocenters. The molecule has 0 aliphatic carbocycles. The Balaban J connectivity index is 2.21. The lowest BCUT2D eigenvalue weighted by Crippen LogP contribution is -2.14. The van der Waals surface area contributed by atoms with Gasteiger partial charge in [0.25, 0.3) is 5.91 Å². The fraction of sp³-hybridized carbons (Fsp3) is 0.143. The maximum absolute atomic E-state index is 12.1. The van der Waals surface area contributed by atoms with E-state index in [-0.39, 0.29) is 5.91 Å². The molecule has 0 saturated heterocycles. The fourth-order valence-corrected chi connectivity index (χ4v) is 2.04. The Kier molecular flexibility index (Phi) is 4.22. The molecule has 0 saturated carbocycles. The van der Waals surface area contributed by atoms with Crippen molar-refractivity contribution in [1.82, 2.24) is 4.98 Å². The van der Waals surface area contributed by atoms with Crippen LogP contribution in [0.2, 0.25) is 5.02 Å². The van der Waals surface area contributed by atoms with Gasteiger partial charge >= 0.3 is 0 Å². The molecule has 1 aromatic carbocycles. The SMILES string of the molecule is Cc1ccc(NC(=O)c2cnc(NN)c(Cl)c2)c(C)c1. The Morgan fingerprint density at radius 1 is 1.30 bits per heavy atom. The molecule has 0 aliphatic rings. The first-order valence-electron chi connectivity index (χ1n) is 6.02. The van der Waals surface area contributed by atoms with Crippen LogP contribution in [0.15, 0.2) is 30.5 Å². The van der Waals surface area contributed by atoms with Gasteiger partial charge in [0, 0.05) is 11.9 Å². The number of nitrogen functional groups attached to an aromatic ring is 1. The third-order valence-electron chi connectivity index (χ3n) is 2.87. The van der Waals surface area contributed by atoms with Crippen LogP contribution in [0, 0.1) is 13.8 Å². The van der Waals surface area contributed by atoms with E-state index in [4.69, 9.17) is 17.4 Å². The van der Waals surface area contributed by atoms with Crippen molar-refractivity contribution in [3.8, 4) is 0 Å². The molecule has 2 aromatic rings. The monoisotopic (exact) mass is 290 g/mol. The second-order valence-electron chi connectivity index (χ2n) is 4.47. The zero-order chi connectivity index (χ0) is 14.7. The van der Waals surface area contributed by atoms with E-state index < -0.39 is 0 Å². The van der Waals surface area contributed by atoms with Crippen molar-refractivity contribution in [3.05, 3.63) is 52.2 Å². The molecule has 5 nitrogen and oxygen atoms in total. The first kappa shape index (κ1) is 14.3. The van der Waals surface area contributed by atoms with E-state index in [9.17, 15) is 4.79 Å². The largest absolute Gasteiger partial charge is 0.322 e. The van der Waals surface area contributed by atoms with Gasteiger partial charge in [-0.15, -0.1) is 0 Å². The molecule has 6 heteroatoms. The van der Waals surface area contributed by atoms with Crippen molar-refractivity contribution in [2.24, 2.45) is 5.84 Å². The Morgan fingerprint density at radius 3 is 2.65 bits per heavy atom. The molecule has 1 aromatic heterocycles. The third kappa shape index (κ3) is 3.07. The number of nitrogens with zero attached hydrogens (tertiary/aromatic N) is 1. The Bertz CT molecular complexity index is 658. The molecule has 0 bridgehead atoms. The summed E-state index contributed by atoms with van der Waals surface area (Å²) in [7, 11) is 0. The number of nitrogens with two attached hydrogens (primary N) is 1. The first-order valence-corrected chi connectivity index (χ1v) is 6.40. The summed E-state index contributed by atoms with van der Waals surface area (Å²) >= 11 is 5.94. The van der Waals surface area contributed by atoms with Gasteiger partial charge in [0.15, 0.2) is 5.82 Å². The maximum Gasteiger partial charge on any atom is 0.257 e. The van der Waals surface area contributed by atoms with Gasteiger partial charge in [-0.1, -0.05) is 29.3 Å². The van der Waals surface area contributed by atoms with Gasteiger partial charge in [-0.25, -0.2) is 10.8 Å². The van der Waals surface area contributed by atoms with Crippen LogP contribution in [0.3, 0.4) is 0 Å². The lowest BCUT2D eigenvalue weighted by molar-refractivity contribution is 0.102. The van der Waals surface area contributed by atoms with Crippen molar-refractivity contribution in [2.75, 3.05) is 10.7 Å². The molecule has 0 fully saturated rings. The van der Waals surface area contributed by atoms with Crippen LogP contribution >= 0.6 is 11.6 Å². The van der Waals surface area contributed by atoms with Crippen molar-refractivity contribution in [1.29, 1.82) is 0 Å². The number of rotatable bonds is 3. The number of pyridine rings is 1. The normalized spacial score (nSPS) is 10.2. The molecule has 0 aliphatic heterocycles. The van der Waals surface area contributed by atoms with Crippen LogP contribution in [0.1, 0.15) is 21.5 Å². The quantitative estimate of drug-likeness (QED) is 0.600. The van der Waals surface area contributed by atoms with Gasteiger partial charge in [-0.3, -0.25) is 4.79 Å². The minimum atomic E-state index is -0.269. The number of aromatic nitrogens is 1. The number of halogens is 1. The van der Waals surface area contributed by atoms with Gasteiger partial charge in [0.05, 0.1) is 10.6 Å². The fourth-order valence-electron chi connectivity index (χ4n) is 1.82. The van der Waals surface area contributed by atoms with Crippen LogP contribution < -0.4 is 16.6 Å². The number of hydrazine groups is 1. The number of hydrogen-bond acceptors (Lipinski definition) is 4. The Hall–Kier alpha value is -2.11. The number of benzene rings is 1. The highest BCUT2D eigenvalue weighted by Gasteiger charge is 2.11. The number of carbonyl (C=O) groups excluding carboxylic acids is 1. The predicted octanol–water partition coefficient (Wildman–Crippen LogP) is 2.89. The van der Waals surface area contributed by atoms with Crippen molar-refractivity contribution < 1.29 is 4.79 Å². The standard InChI is InChI=1S/C14H15ClN4O/c1-8-3-4-12(9(2)5-8)18-14(20)10-6-11(15)13(19-16)17-7-10/h3-7H,16H2,1-2H3,(H,17,19)(H,18,20). The molecule has 1 heterocycles. The summed E-state index contributed by atoms with van der Waals surface area (Å²) in [6.07, 6.45) is 1.42.